The van der Waals surface area contributed by atoms with Gasteiger partial charge in [0, 0.05) is 6.20 Å². The van der Waals surface area contributed by atoms with E-state index in [4.69, 9.17) is 0 Å². The van der Waals surface area contributed by atoms with Gasteiger partial charge in [0.1, 0.15) is 10.1 Å². The van der Waals surface area contributed by atoms with Crippen molar-refractivity contribution in [2.45, 2.75) is 13.0 Å². The summed E-state index contributed by atoms with van der Waals surface area (Å²) >= 11 is 3.15. The second kappa shape index (κ2) is 3.75. The van der Waals surface area contributed by atoms with Gasteiger partial charge in [-0.1, -0.05) is 6.07 Å². The molecule has 15 heavy (non-hydrogen) atoms. The Morgan fingerprint density at radius 1 is 1.53 bits per heavy atom. The first-order chi connectivity index (χ1) is 7.11. The van der Waals surface area contributed by atoms with Gasteiger partial charge in [0.2, 0.25) is 0 Å². The Hall–Kier alpha value is -1.20. The summed E-state index contributed by atoms with van der Waals surface area (Å²) in [5.41, 5.74) is 0.685. The van der Waals surface area contributed by atoms with Crippen molar-refractivity contribution in [3.8, 4) is 0 Å². The van der Waals surface area contributed by atoms with Gasteiger partial charge < -0.3 is 5.11 Å². The van der Waals surface area contributed by atoms with E-state index < -0.39 is 6.10 Å². The zero-order valence-corrected chi connectivity index (χ0v) is 9.60. The Bertz CT molecular complexity index is 563. The molecule has 0 saturated carbocycles. The minimum Gasteiger partial charge on any atom is -0.387 e. The Morgan fingerprint density at radius 2 is 2.27 bits per heavy atom. The Labute approximate surface area is 94.3 Å². The van der Waals surface area contributed by atoms with E-state index in [1.54, 1.807) is 31.3 Å². The van der Waals surface area contributed by atoms with Crippen molar-refractivity contribution < 1.29 is 5.11 Å². The number of aliphatic hydroxyl groups is 1. The van der Waals surface area contributed by atoms with Crippen LogP contribution >= 0.6 is 15.9 Å². The van der Waals surface area contributed by atoms with Crippen LogP contribution < -0.4 is 5.56 Å². The zero-order chi connectivity index (χ0) is 11.0. The fourth-order valence-electron chi connectivity index (χ4n) is 1.36. The van der Waals surface area contributed by atoms with Gasteiger partial charge in [-0.05, 0) is 35.0 Å². The van der Waals surface area contributed by atoms with Crippen molar-refractivity contribution in [1.29, 1.82) is 0 Å². The fourth-order valence-corrected chi connectivity index (χ4v) is 1.97. The average molecular weight is 269 g/mol. The highest BCUT2D eigenvalue weighted by molar-refractivity contribution is 9.10. The summed E-state index contributed by atoms with van der Waals surface area (Å²) in [7, 11) is 0. The van der Waals surface area contributed by atoms with Crippen molar-refractivity contribution in [3.05, 3.63) is 44.9 Å². The summed E-state index contributed by atoms with van der Waals surface area (Å²) < 4.78 is 1.73. The summed E-state index contributed by atoms with van der Waals surface area (Å²) in [5, 5.41) is 9.45. The molecule has 4 nitrogen and oxygen atoms in total. The lowest BCUT2D eigenvalue weighted by atomic mass is 10.2. The maximum absolute atomic E-state index is 11.8. The highest BCUT2D eigenvalue weighted by atomic mass is 79.9. The lowest BCUT2D eigenvalue weighted by Gasteiger charge is -2.08. The molecule has 0 aliphatic rings. The van der Waals surface area contributed by atoms with E-state index in [-0.39, 0.29) is 5.56 Å². The van der Waals surface area contributed by atoms with E-state index in [0.717, 1.165) is 0 Å². The average Bonchev–Trinajstić information content (AvgIpc) is 2.23. The van der Waals surface area contributed by atoms with Crippen LogP contribution in [0.2, 0.25) is 0 Å². The van der Waals surface area contributed by atoms with Gasteiger partial charge in [-0.25, -0.2) is 4.98 Å². The molecule has 0 bridgehead atoms. The van der Waals surface area contributed by atoms with Crippen LogP contribution in [-0.2, 0) is 0 Å². The second-order valence-corrected chi connectivity index (χ2v) is 4.01. The van der Waals surface area contributed by atoms with E-state index in [1.807, 2.05) is 0 Å². The molecule has 2 heterocycles. The van der Waals surface area contributed by atoms with E-state index in [1.165, 1.54) is 4.40 Å². The normalized spacial score (nSPS) is 13.0. The number of aromatic nitrogens is 2. The van der Waals surface area contributed by atoms with Gasteiger partial charge >= 0.3 is 0 Å². The van der Waals surface area contributed by atoms with Crippen molar-refractivity contribution in [2.24, 2.45) is 0 Å². The molecule has 0 spiro atoms. The first-order valence-electron chi connectivity index (χ1n) is 4.46. The van der Waals surface area contributed by atoms with Crippen molar-refractivity contribution in [3.63, 3.8) is 0 Å². The van der Waals surface area contributed by atoms with Crippen LogP contribution in [0.25, 0.3) is 5.65 Å². The van der Waals surface area contributed by atoms with Crippen LogP contribution in [0.15, 0.2) is 33.7 Å². The molecule has 0 saturated heterocycles. The van der Waals surface area contributed by atoms with Crippen LogP contribution in [0.3, 0.4) is 0 Å². The molecular formula is C10H9BrN2O2. The van der Waals surface area contributed by atoms with Crippen LogP contribution in [0.1, 0.15) is 18.7 Å². The number of nitrogens with zero attached hydrogens (tertiary/aromatic N) is 2. The Morgan fingerprint density at radius 3 is 2.93 bits per heavy atom. The third-order valence-corrected chi connectivity index (χ3v) is 2.85. The van der Waals surface area contributed by atoms with Crippen molar-refractivity contribution >= 4 is 21.6 Å². The minimum absolute atomic E-state index is 0.212. The van der Waals surface area contributed by atoms with E-state index in [2.05, 4.69) is 20.9 Å². The van der Waals surface area contributed by atoms with Gasteiger partial charge in [0.25, 0.3) is 5.56 Å². The van der Waals surface area contributed by atoms with Gasteiger partial charge in [-0.15, -0.1) is 0 Å². The van der Waals surface area contributed by atoms with Gasteiger partial charge in [0.15, 0.2) is 0 Å². The SMILES string of the molecule is CC(O)c1nc2ccccn2c(=O)c1Br. The number of hydrogen-bond donors (Lipinski definition) is 1. The largest absolute Gasteiger partial charge is 0.387 e. The number of aliphatic hydroxyl groups excluding tert-OH is 1. The molecule has 0 radical (unpaired) electrons. The number of hydrogen-bond acceptors (Lipinski definition) is 3. The molecule has 78 valence electrons. The van der Waals surface area contributed by atoms with E-state index in [0.29, 0.717) is 15.8 Å². The maximum Gasteiger partial charge on any atom is 0.272 e. The summed E-state index contributed by atoms with van der Waals surface area (Å²) in [4.78, 5) is 16.0. The van der Waals surface area contributed by atoms with Gasteiger partial charge in [-0.3, -0.25) is 9.20 Å². The lowest BCUT2D eigenvalue weighted by molar-refractivity contribution is 0.193. The highest BCUT2D eigenvalue weighted by Crippen LogP contribution is 2.17. The summed E-state index contributed by atoms with van der Waals surface area (Å²) in [6.07, 6.45) is 0.874. The number of pyridine rings is 1. The molecule has 0 aromatic carbocycles. The lowest BCUT2D eigenvalue weighted by Crippen LogP contribution is -2.18. The summed E-state index contributed by atoms with van der Waals surface area (Å²) in [5.74, 6) is 0. The van der Waals surface area contributed by atoms with Crippen LogP contribution in [0.5, 0.6) is 0 Å². The topological polar surface area (TPSA) is 54.6 Å². The molecule has 1 atom stereocenters. The van der Waals surface area contributed by atoms with Crippen LogP contribution in [-0.4, -0.2) is 14.5 Å². The zero-order valence-electron chi connectivity index (χ0n) is 8.01. The molecule has 2 rings (SSSR count). The standard InChI is InChI=1S/C10H9BrN2O2/c1-6(14)9-8(11)10(15)13-5-3-2-4-7(13)12-9/h2-6,14H,1H3. The fraction of sp³-hybridized carbons (Fsp3) is 0.200. The van der Waals surface area contributed by atoms with E-state index >= 15 is 0 Å². The highest BCUT2D eigenvalue weighted by Gasteiger charge is 2.13. The Kier molecular flexibility index (Phi) is 2.58. The van der Waals surface area contributed by atoms with Crippen molar-refractivity contribution in [2.75, 3.05) is 0 Å². The van der Waals surface area contributed by atoms with Gasteiger partial charge in [0.05, 0.1) is 11.8 Å². The number of rotatable bonds is 1. The van der Waals surface area contributed by atoms with Crippen LogP contribution in [0.4, 0.5) is 0 Å². The monoisotopic (exact) mass is 268 g/mol. The molecule has 0 amide bonds. The van der Waals surface area contributed by atoms with Crippen LogP contribution in [0, 0.1) is 0 Å². The quantitative estimate of drug-likeness (QED) is 0.853. The minimum atomic E-state index is -0.766. The molecule has 0 aliphatic heterocycles. The smallest absolute Gasteiger partial charge is 0.272 e. The second-order valence-electron chi connectivity index (χ2n) is 3.22. The first kappa shape index (κ1) is 10.3. The molecule has 2 aromatic rings. The number of halogens is 1. The van der Waals surface area contributed by atoms with Gasteiger partial charge in [-0.2, -0.15) is 0 Å². The third-order valence-electron chi connectivity index (χ3n) is 2.10. The third kappa shape index (κ3) is 1.68. The molecule has 2 aromatic heterocycles. The first-order valence-corrected chi connectivity index (χ1v) is 5.25. The molecular weight excluding hydrogens is 260 g/mol. The Balaban J connectivity index is 2.89. The van der Waals surface area contributed by atoms with Crippen molar-refractivity contribution in [1.82, 2.24) is 9.38 Å². The molecule has 1 N–H and O–H groups in total. The molecule has 5 heteroatoms. The summed E-state index contributed by atoms with van der Waals surface area (Å²) in [6, 6.07) is 5.27. The van der Waals surface area contributed by atoms with E-state index in [9.17, 15) is 9.90 Å². The predicted molar refractivity (Wildman–Crippen MR) is 59.8 cm³/mol. The molecule has 0 fully saturated rings. The molecule has 1 unspecified atom stereocenters. The summed E-state index contributed by atoms with van der Waals surface area (Å²) in [6.45, 7) is 1.58. The predicted octanol–water partition coefficient (Wildman–Crippen LogP) is 1.51. The number of fused-ring (bicyclic) bond motifs is 1. The molecule has 0 aliphatic carbocycles. The maximum atomic E-state index is 11.8.